The molecule has 0 saturated carbocycles. The largest absolute Gasteiger partial charge is 0.452 e. The Morgan fingerprint density at radius 2 is 2.12 bits per heavy atom. The van der Waals surface area contributed by atoms with Gasteiger partial charge in [-0.15, -0.1) is 0 Å². The predicted molar refractivity (Wildman–Crippen MR) is 85.1 cm³/mol. The molecular formula is C16H18N2O6. The van der Waals surface area contributed by atoms with Crippen molar-refractivity contribution in [3.63, 3.8) is 0 Å². The third-order valence-corrected chi connectivity index (χ3v) is 3.41. The van der Waals surface area contributed by atoms with E-state index in [1.54, 1.807) is 0 Å². The molecule has 1 atom stereocenters. The number of nitrogens with zero attached hydrogens (tertiary/aromatic N) is 1. The summed E-state index contributed by atoms with van der Waals surface area (Å²) in [4.78, 5) is 33.1. The second kappa shape index (κ2) is 8.78. The molecule has 1 aliphatic rings. The number of carbonyl (C=O) groups is 2. The highest BCUT2D eigenvalue weighted by Crippen LogP contribution is 2.13. The standard InChI is InChI=1S/C16H18N2O6/c19-15(17-10-14-2-1-9-23-14)11-24-16(20)8-5-12-3-6-13(7-4-12)18(21)22/h3-8,14H,1-2,9-11H2,(H,17,19)/b8-5+/t14-/m1/s1. The van der Waals surface area contributed by atoms with Crippen LogP contribution in [0.25, 0.3) is 6.08 Å². The van der Waals surface area contributed by atoms with Gasteiger partial charge in [-0.05, 0) is 36.6 Å². The van der Waals surface area contributed by atoms with Crippen molar-refractivity contribution in [3.8, 4) is 0 Å². The first-order chi connectivity index (χ1) is 11.5. The number of nitro groups is 1. The molecule has 1 amide bonds. The van der Waals surface area contributed by atoms with E-state index in [2.05, 4.69) is 5.32 Å². The normalized spacial score (nSPS) is 16.9. The van der Waals surface area contributed by atoms with Crippen LogP contribution in [0.5, 0.6) is 0 Å². The van der Waals surface area contributed by atoms with Gasteiger partial charge in [0.25, 0.3) is 11.6 Å². The van der Waals surface area contributed by atoms with Crippen molar-refractivity contribution in [2.75, 3.05) is 19.8 Å². The van der Waals surface area contributed by atoms with Crippen molar-refractivity contribution >= 4 is 23.6 Å². The maximum atomic E-state index is 11.5. The van der Waals surface area contributed by atoms with Crippen molar-refractivity contribution in [2.45, 2.75) is 18.9 Å². The van der Waals surface area contributed by atoms with Crippen LogP contribution in [0.4, 0.5) is 5.69 Å². The summed E-state index contributed by atoms with van der Waals surface area (Å²) in [6.45, 7) is 0.758. The number of hydrogen-bond acceptors (Lipinski definition) is 6. The summed E-state index contributed by atoms with van der Waals surface area (Å²) in [5.74, 6) is -1.05. The second-order valence-electron chi connectivity index (χ2n) is 5.23. The molecule has 0 unspecified atom stereocenters. The number of benzene rings is 1. The van der Waals surface area contributed by atoms with E-state index in [0.717, 1.165) is 18.9 Å². The topological polar surface area (TPSA) is 108 Å². The lowest BCUT2D eigenvalue weighted by atomic mass is 10.2. The minimum absolute atomic E-state index is 0.0300. The summed E-state index contributed by atoms with van der Waals surface area (Å²) in [6, 6.07) is 5.69. The fourth-order valence-corrected chi connectivity index (χ4v) is 2.14. The summed E-state index contributed by atoms with van der Waals surface area (Å²) in [6.07, 6.45) is 4.55. The Morgan fingerprint density at radius 1 is 1.38 bits per heavy atom. The number of nitrogens with one attached hydrogen (secondary N) is 1. The van der Waals surface area contributed by atoms with E-state index in [1.165, 1.54) is 30.3 Å². The van der Waals surface area contributed by atoms with E-state index in [-0.39, 0.29) is 24.3 Å². The van der Waals surface area contributed by atoms with Crippen LogP contribution in [0, 0.1) is 10.1 Å². The molecule has 0 aromatic heterocycles. The van der Waals surface area contributed by atoms with Crippen LogP contribution in [-0.2, 0) is 19.1 Å². The summed E-state index contributed by atoms with van der Waals surface area (Å²) in [7, 11) is 0. The van der Waals surface area contributed by atoms with Gasteiger partial charge in [-0.25, -0.2) is 4.79 Å². The van der Waals surface area contributed by atoms with Crippen LogP contribution in [0.15, 0.2) is 30.3 Å². The van der Waals surface area contributed by atoms with Crippen molar-refractivity contribution in [2.24, 2.45) is 0 Å². The number of amides is 1. The van der Waals surface area contributed by atoms with Gasteiger partial charge < -0.3 is 14.8 Å². The quantitative estimate of drug-likeness (QED) is 0.350. The lowest BCUT2D eigenvalue weighted by molar-refractivity contribution is -0.384. The van der Waals surface area contributed by atoms with E-state index in [0.29, 0.717) is 18.7 Å². The fourth-order valence-electron chi connectivity index (χ4n) is 2.14. The number of carbonyl (C=O) groups excluding carboxylic acids is 2. The summed E-state index contributed by atoms with van der Waals surface area (Å²) < 4.78 is 10.2. The molecule has 1 aromatic carbocycles. The van der Waals surface area contributed by atoms with E-state index < -0.39 is 10.9 Å². The summed E-state index contributed by atoms with van der Waals surface area (Å²) in [5, 5.41) is 13.2. The average Bonchev–Trinajstić information content (AvgIpc) is 3.10. The van der Waals surface area contributed by atoms with Gasteiger partial charge in [-0.1, -0.05) is 0 Å². The Bertz CT molecular complexity index is 620. The van der Waals surface area contributed by atoms with Crippen molar-refractivity contribution in [3.05, 3.63) is 46.0 Å². The Kier molecular flexibility index (Phi) is 6.44. The molecule has 1 saturated heterocycles. The fraction of sp³-hybridized carbons (Fsp3) is 0.375. The van der Waals surface area contributed by atoms with Gasteiger partial charge >= 0.3 is 5.97 Å². The Balaban J connectivity index is 1.69. The molecule has 2 rings (SSSR count). The number of ether oxygens (including phenoxy) is 2. The Morgan fingerprint density at radius 3 is 2.75 bits per heavy atom. The zero-order chi connectivity index (χ0) is 17.4. The summed E-state index contributed by atoms with van der Waals surface area (Å²) >= 11 is 0. The molecular weight excluding hydrogens is 316 g/mol. The van der Waals surface area contributed by atoms with Gasteiger partial charge in [0.05, 0.1) is 11.0 Å². The molecule has 1 fully saturated rings. The Labute approximate surface area is 138 Å². The molecule has 1 N–H and O–H groups in total. The van der Waals surface area contributed by atoms with E-state index >= 15 is 0 Å². The molecule has 8 heteroatoms. The molecule has 24 heavy (non-hydrogen) atoms. The third kappa shape index (κ3) is 5.81. The van der Waals surface area contributed by atoms with Crippen LogP contribution in [0.3, 0.4) is 0 Å². The maximum absolute atomic E-state index is 11.5. The highest BCUT2D eigenvalue weighted by Gasteiger charge is 2.16. The smallest absolute Gasteiger partial charge is 0.331 e. The van der Waals surface area contributed by atoms with Gasteiger partial charge in [0.2, 0.25) is 0 Å². The molecule has 0 bridgehead atoms. The SMILES string of the molecule is O=C(COC(=O)/C=C/c1ccc([N+](=O)[O-])cc1)NC[C@H]1CCCO1. The van der Waals surface area contributed by atoms with E-state index in [1.807, 2.05) is 0 Å². The van der Waals surface area contributed by atoms with E-state index in [4.69, 9.17) is 9.47 Å². The van der Waals surface area contributed by atoms with Crippen molar-refractivity contribution < 1.29 is 24.0 Å². The molecule has 8 nitrogen and oxygen atoms in total. The van der Waals surface area contributed by atoms with Gasteiger partial charge in [0, 0.05) is 31.4 Å². The first-order valence-corrected chi connectivity index (χ1v) is 7.52. The predicted octanol–water partition coefficient (Wildman–Crippen LogP) is 1.45. The Hall–Kier alpha value is -2.74. The molecule has 0 spiro atoms. The molecule has 0 radical (unpaired) electrons. The number of non-ortho nitro benzene ring substituents is 1. The minimum Gasteiger partial charge on any atom is -0.452 e. The average molecular weight is 334 g/mol. The van der Waals surface area contributed by atoms with Gasteiger partial charge in [-0.2, -0.15) is 0 Å². The molecule has 1 aliphatic heterocycles. The molecule has 0 aliphatic carbocycles. The number of nitro benzene ring substituents is 1. The highest BCUT2D eigenvalue weighted by molar-refractivity contribution is 5.89. The van der Waals surface area contributed by atoms with E-state index in [9.17, 15) is 19.7 Å². The molecule has 1 aromatic rings. The molecule has 1 heterocycles. The van der Waals surface area contributed by atoms with Crippen LogP contribution in [-0.4, -0.2) is 42.7 Å². The highest BCUT2D eigenvalue weighted by atomic mass is 16.6. The lowest BCUT2D eigenvalue weighted by Crippen LogP contribution is -2.34. The van der Waals surface area contributed by atoms with Crippen LogP contribution >= 0.6 is 0 Å². The van der Waals surface area contributed by atoms with Crippen LogP contribution in [0.1, 0.15) is 18.4 Å². The second-order valence-corrected chi connectivity index (χ2v) is 5.23. The van der Waals surface area contributed by atoms with Crippen molar-refractivity contribution in [1.29, 1.82) is 0 Å². The number of esters is 1. The maximum Gasteiger partial charge on any atom is 0.331 e. The lowest BCUT2D eigenvalue weighted by Gasteiger charge is -2.10. The van der Waals surface area contributed by atoms with Crippen LogP contribution in [0.2, 0.25) is 0 Å². The monoisotopic (exact) mass is 334 g/mol. The minimum atomic E-state index is -0.666. The number of rotatable bonds is 7. The van der Waals surface area contributed by atoms with Gasteiger partial charge in [-0.3, -0.25) is 14.9 Å². The first-order valence-electron chi connectivity index (χ1n) is 7.52. The van der Waals surface area contributed by atoms with Gasteiger partial charge in [0.15, 0.2) is 6.61 Å². The zero-order valence-electron chi connectivity index (χ0n) is 13.0. The zero-order valence-corrected chi connectivity index (χ0v) is 13.0. The van der Waals surface area contributed by atoms with Crippen molar-refractivity contribution in [1.82, 2.24) is 5.32 Å². The first kappa shape index (κ1) is 17.6. The summed E-state index contributed by atoms with van der Waals surface area (Å²) in [5.41, 5.74) is 0.582. The third-order valence-electron chi connectivity index (χ3n) is 3.41. The van der Waals surface area contributed by atoms with Crippen LogP contribution < -0.4 is 5.32 Å². The molecule has 128 valence electrons. The van der Waals surface area contributed by atoms with Gasteiger partial charge in [0.1, 0.15) is 0 Å². The number of hydrogen-bond donors (Lipinski definition) is 1.